The van der Waals surface area contributed by atoms with E-state index in [1.165, 1.54) is 0 Å². The minimum absolute atomic E-state index is 0.0114. The third kappa shape index (κ3) is 5.96. The van der Waals surface area contributed by atoms with Gasteiger partial charge in [-0.05, 0) is 56.9 Å². The molecule has 1 aliphatic heterocycles. The smallest absolute Gasteiger partial charge is 0.251 e. The van der Waals surface area contributed by atoms with Gasteiger partial charge in [-0.15, -0.1) is 0 Å². The summed E-state index contributed by atoms with van der Waals surface area (Å²) in [5, 5.41) is 2.91. The Morgan fingerprint density at radius 3 is 2.48 bits per heavy atom. The van der Waals surface area contributed by atoms with Crippen molar-refractivity contribution in [2.24, 2.45) is 5.92 Å². The van der Waals surface area contributed by atoms with Gasteiger partial charge in [-0.25, -0.2) is 0 Å². The number of amides is 2. The molecule has 0 bridgehead atoms. The van der Waals surface area contributed by atoms with E-state index >= 15 is 0 Å². The van der Waals surface area contributed by atoms with E-state index in [1.807, 2.05) is 27.7 Å². The molecule has 0 saturated carbocycles. The molecule has 1 heterocycles. The highest BCUT2D eigenvalue weighted by Crippen LogP contribution is 2.16. The molecular weight excluding hydrogens is 344 g/mol. The van der Waals surface area contributed by atoms with Gasteiger partial charge < -0.3 is 19.7 Å². The molecule has 1 saturated heterocycles. The summed E-state index contributed by atoms with van der Waals surface area (Å²) in [5.41, 5.74) is 0.513. The van der Waals surface area contributed by atoms with Crippen LogP contribution < -0.4 is 10.1 Å². The normalized spacial score (nSPS) is 17.6. The highest BCUT2D eigenvalue weighted by molar-refractivity contribution is 5.97. The number of hydrogen-bond donors (Lipinski definition) is 1. The Morgan fingerprint density at radius 2 is 1.96 bits per heavy atom. The third-order valence-electron chi connectivity index (χ3n) is 4.79. The number of likely N-dealkylation sites (N-methyl/N-ethyl adjacent to an activating group) is 1. The first kappa shape index (κ1) is 21.2. The van der Waals surface area contributed by atoms with E-state index in [-0.39, 0.29) is 23.8 Å². The van der Waals surface area contributed by atoms with Crippen molar-refractivity contribution in [3.05, 3.63) is 29.8 Å². The Balaban J connectivity index is 2.03. The highest BCUT2D eigenvalue weighted by atomic mass is 16.5. The first-order chi connectivity index (χ1) is 13.0. The fourth-order valence-electron chi connectivity index (χ4n) is 3.21. The second-order valence-electron chi connectivity index (χ2n) is 7.16. The number of carbonyl (C=O) groups is 2. The molecule has 6 nitrogen and oxygen atoms in total. The second kappa shape index (κ2) is 10.3. The molecule has 0 aromatic heterocycles. The van der Waals surface area contributed by atoms with Gasteiger partial charge in [0.2, 0.25) is 5.91 Å². The number of benzene rings is 1. The zero-order chi connectivity index (χ0) is 19.8. The van der Waals surface area contributed by atoms with Crippen molar-refractivity contribution in [1.29, 1.82) is 0 Å². The number of nitrogens with one attached hydrogen (secondary N) is 1. The van der Waals surface area contributed by atoms with Gasteiger partial charge in [-0.3, -0.25) is 9.59 Å². The lowest BCUT2D eigenvalue weighted by molar-refractivity contribution is -0.135. The van der Waals surface area contributed by atoms with Crippen LogP contribution in [0.25, 0.3) is 0 Å². The molecule has 1 aliphatic rings. The number of hydrogen-bond acceptors (Lipinski definition) is 4. The third-order valence-corrected chi connectivity index (χ3v) is 4.79. The van der Waals surface area contributed by atoms with E-state index in [0.717, 1.165) is 25.2 Å². The SMILES string of the molecule is CCOc1ccc(C(=O)NC(C(=O)N(CC)CC2CCCO2)C(C)C)cc1. The molecular formula is C21H32N2O4. The Kier molecular flexibility index (Phi) is 8.10. The summed E-state index contributed by atoms with van der Waals surface area (Å²) < 4.78 is 11.1. The van der Waals surface area contributed by atoms with Gasteiger partial charge in [0.1, 0.15) is 11.8 Å². The average Bonchev–Trinajstić information content (AvgIpc) is 3.17. The van der Waals surface area contributed by atoms with Gasteiger partial charge in [0.15, 0.2) is 0 Å². The second-order valence-corrected chi connectivity index (χ2v) is 7.16. The Morgan fingerprint density at radius 1 is 1.26 bits per heavy atom. The van der Waals surface area contributed by atoms with Crippen LogP contribution in [-0.4, -0.2) is 55.2 Å². The number of ether oxygens (including phenoxy) is 2. The molecule has 2 unspecified atom stereocenters. The van der Waals surface area contributed by atoms with Gasteiger partial charge >= 0.3 is 0 Å². The average molecular weight is 376 g/mol. The summed E-state index contributed by atoms with van der Waals surface area (Å²) in [6.45, 7) is 10.3. The summed E-state index contributed by atoms with van der Waals surface area (Å²) in [4.78, 5) is 27.5. The maximum absolute atomic E-state index is 13.0. The molecule has 0 radical (unpaired) electrons. The van der Waals surface area contributed by atoms with Crippen LogP contribution in [0, 0.1) is 5.92 Å². The van der Waals surface area contributed by atoms with Crippen molar-refractivity contribution in [2.75, 3.05) is 26.3 Å². The van der Waals surface area contributed by atoms with Crippen LogP contribution in [0.3, 0.4) is 0 Å². The van der Waals surface area contributed by atoms with Gasteiger partial charge in [0, 0.05) is 25.3 Å². The maximum Gasteiger partial charge on any atom is 0.251 e. The summed E-state index contributed by atoms with van der Waals surface area (Å²) in [5.74, 6) is 0.405. The fourth-order valence-corrected chi connectivity index (χ4v) is 3.21. The van der Waals surface area contributed by atoms with Crippen molar-refractivity contribution in [2.45, 2.75) is 52.7 Å². The van der Waals surface area contributed by atoms with Crippen LogP contribution in [-0.2, 0) is 9.53 Å². The number of nitrogens with zero attached hydrogens (tertiary/aromatic N) is 1. The first-order valence-electron chi connectivity index (χ1n) is 9.90. The predicted molar refractivity (Wildman–Crippen MR) is 105 cm³/mol. The predicted octanol–water partition coefficient (Wildman–Crippen LogP) is 2.87. The molecule has 1 fully saturated rings. The van der Waals surface area contributed by atoms with Gasteiger partial charge in [-0.2, -0.15) is 0 Å². The molecule has 2 rings (SSSR count). The summed E-state index contributed by atoms with van der Waals surface area (Å²) in [7, 11) is 0. The highest BCUT2D eigenvalue weighted by Gasteiger charge is 2.30. The van der Waals surface area contributed by atoms with Crippen molar-refractivity contribution >= 4 is 11.8 Å². The largest absolute Gasteiger partial charge is 0.494 e. The Hall–Kier alpha value is -2.08. The van der Waals surface area contributed by atoms with Crippen molar-refractivity contribution < 1.29 is 19.1 Å². The summed E-state index contributed by atoms with van der Waals surface area (Å²) in [6.07, 6.45) is 2.12. The van der Waals surface area contributed by atoms with Crippen LogP contribution >= 0.6 is 0 Å². The lowest BCUT2D eigenvalue weighted by Gasteiger charge is -2.30. The molecule has 2 amide bonds. The molecule has 27 heavy (non-hydrogen) atoms. The zero-order valence-electron chi connectivity index (χ0n) is 16.9. The van der Waals surface area contributed by atoms with E-state index < -0.39 is 6.04 Å². The van der Waals surface area contributed by atoms with Crippen molar-refractivity contribution in [1.82, 2.24) is 10.2 Å². The Labute approximate surface area is 162 Å². The van der Waals surface area contributed by atoms with E-state index in [4.69, 9.17) is 9.47 Å². The molecule has 150 valence electrons. The van der Waals surface area contributed by atoms with Crippen LogP contribution in [0.4, 0.5) is 0 Å². The van der Waals surface area contributed by atoms with E-state index in [2.05, 4.69) is 5.32 Å². The minimum Gasteiger partial charge on any atom is -0.494 e. The van der Waals surface area contributed by atoms with Crippen LogP contribution in [0.1, 0.15) is 50.9 Å². The van der Waals surface area contributed by atoms with Gasteiger partial charge in [-0.1, -0.05) is 13.8 Å². The van der Waals surface area contributed by atoms with Gasteiger partial charge in [0.05, 0.1) is 12.7 Å². The topological polar surface area (TPSA) is 67.9 Å². The lowest BCUT2D eigenvalue weighted by atomic mass is 10.0. The minimum atomic E-state index is -0.564. The standard InChI is InChI=1S/C21H32N2O4/c1-5-23(14-18-8-7-13-27-18)21(25)19(15(3)4)22-20(24)16-9-11-17(12-10-16)26-6-2/h9-12,15,18-19H,5-8,13-14H2,1-4H3,(H,22,24). The monoisotopic (exact) mass is 376 g/mol. The summed E-state index contributed by atoms with van der Waals surface area (Å²) in [6, 6.07) is 6.39. The van der Waals surface area contributed by atoms with Crippen LogP contribution in [0.5, 0.6) is 5.75 Å². The van der Waals surface area contributed by atoms with E-state index in [0.29, 0.717) is 25.3 Å². The molecule has 1 aromatic rings. The molecule has 1 N–H and O–H groups in total. The molecule has 0 aliphatic carbocycles. The molecule has 1 aromatic carbocycles. The lowest BCUT2D eigenvalue weighted by Crippen LogP contribution is -2.52. The zero-order valence-corrected chi connectivity index (χ0v) is 16.9. The number of carbonyl (C=O) groups excluding carboxylic acids is 2. The maximum atomic E-state index is 13.0. The molecule has 2 atom stereocenters. The van der Waals surface area contributed by atoms with Crippen LogP contribution in [0.2, 0.25) is 0 Å². The number of rotatable bonds is 9. The van der Waals surface area contributed by atoms with Crippen molar-refractivity contribution in [3.8, 4) is 5.75 Å². The Bertz CT molecular complexity index is 609. The van der Waals surface area contributed by atoms with E-state index in [9.17, 15) is 9.59 Å². The molecule has 6 heteroatoms. The van der Waals surface area contributed by atoms with E-state index in [1.54, 1.807) is 29.2 Å². The molecule has 0 spiro atoms. The van der Waals surface area contributed by atoms with Crippen molar-refractivity contribution in [3.63, 3.8) is 0 Å². The van der Waals surface area contributed by atoms with Gasteiger partial charge in [0.25, 0.3) is 5.91 Å². The summed E-state index contributed by atoms with van der Waals surface area (Å²) >= 11 is 0. The fraction of sp³-hybridized carbons (Fsp3) is 0.619. The quantitative estimate of drug-likeness (QED) is 0.720. The first-order valence-corrected chi connectivity index (χ1v) is 9.90. The van der Waals surface area contributed by atoms with Crippen LogP contribution in [0.15, 0.2) is 24.3 Å².